The van der Waals surface area contributed by atoms with E-state index in [-0.39, 0.29) is 0 Å². The zero-order chi connectivity index (χ0) is 58.4. The summed E-state index contributed by atoms with van der Waals surface area (Å²) in [6.45, 7) is 0. The molecule has 0 spiro atoms. The quantitative estimate of drug-likeness (QED) is 0.0634. The van der Waals surface area contributed by atoms with Crippen molar-refractivity contribution < 1.29 is 158 Å². The number of rotatable bonds is 4. The molecule has 30 N–H and O–H groups in total. The van der Waals surface area contributed by atoms with Crippen molar-refractivity contribution in [2.24, 2.45) is 0 Å². The number of benzene rings is 9. The zero-order valence-electron chi connectivity index (χ0n) is 37.8. The van der Waals surface area contributed by atoms with E-state index in [1.807, 2.05) is 0 Å². The van der Waals surface area contributed by atoms with Crippen molar-refractivity contribution in [3.63, 3.8) is 0 Å². The Hall–Kier alpha value is -12.4. The molecule has 31 nitrogen and oxygen atoms in total. The van der Waals surface area contributed by atoms with Gasteiger partial charge in [-0.3, -0.25) is 0 Å². The lowest BCUT2D eigenvalue weighted by Crippen LogP contribution is -1.98. The van der Waals surface area contributed by atoms with Crippen molar-refractivity contribution in [2.75, 3.05) is 0 Å². The highest BCUT2D eigenvalue weighted by molar-refractivity contribution is 6.35. The van der Waals surface area contributed by atoms with Crippen LogP contribution in [0.25, 0.3) is 98.8 Å². The maximum atomic E-state index is 12.5. The Bertz CT molecular complexity index is 4360. The number of furan rings is 1. The van der Waals surface area contributed by atoms with Gasteiger partial charge in [-0.05, 0) is 0 Å². The van der Waals surface area contributed by atoms with Crippen LogP contribution in [0.3, 0.4) is 0 Å². The average molecular weight is 1100 g/mol. The summed E-state index contributed by atoms with van der Waals surface area (Å²) in [6, 6.07) is 0. The first kappa shape index (κ1) is 50.1. The SMILES string of the molecule is Oc1c(O)c(O)c(-c2c(O)c(-c3c(O)c(O)c(O)c(O)c3O)c(O)c(-c3c4c(O)c(O)c(O)c(O)c4c(-c4c(O)c(O)c(O)c5oc6c(O)c7c(O)c(O)c(O)c(O)c7c(O)c6c45)c4c(O)c(O)c(O)c(O)c34)c2O)c(O)c1O. The van der Waals surface area contributed by atoms with E-state index in [0.717, 1.165) is 0 Å². The molecule has 0 saturated carbocycles. The van der Waals surface area contributed by atoms with Gasteiger partial charge in [0.1, 0.15) is 23.0 Å². The number of phenols is 30. The van der Waals surface area contributed by atoms with Gasteiger partial charge in [-0.15, -0.1) is 0 Å². The van der Waals surface area contributed by atoms with Gasteiger partial charge < -0.3 is 158 Å². The Balaban J connectivity index is 1.58. The van der Waals surface area contributed by atoms with Crippen molar-refractivity contribution >= 4 is 54.3 Å². The summed E-state index contributed by atoms with van der Waals surface area (Å²) in [5.41, 5.74) is -15.8. The summed E-state index contributed by atoms with van der Waals surface area (Å²) in [4.78, 5) is 0. The van der Waals surface area contributed by atoms with Crippen LogP contribution in [0, 0.1) is 0 Å². The second kappa shape index (κ2) is 15.6. The van der Waals surface area contributed by atoms with E-state index in [1.165, 1.54) is 0 Å². The van der Waals surface area contributed by atoms with Crippen LogP contribution in [0.4, 0.5) is 0 Å². The maximum Gasteiger partial charge on any atom is 0.208 e. The minimum Gasteiger partial charge on any atom is -0.506 e. The lowest BCUT2D eigenvalue weighted by atomic mass is 9.80. The Morgan fingerprint density at radius 3 is 0.646 bits per heavy atom. The van der Waals surface area contributed by atoms with Gasteiger partial charge in [-0.25, -0.2) is 0 Å². The van der Waals surface area contributed by atoms with Crippen molar-refractivity contribution in [3.8, 4) is 217 Å². The van der Waals surface area contributed by atoms with Crippen LogP contribution in [-0.2, 0) is 0 Å². The number of aromatic hydroxyl groups is 30. The van der Waals surface area contributed by atoms with Crippen molar-refractivity contribution in [3.05, 3.63) is 0 Å². The molecule has 0 aliphatic heterocycles. The molecule has 0 bridgehead atoms. The summed E-state index contributed by atoms with van der Waals surface area (Å²) in [7, 11) is 0. The minimum atomic E-state index is -2.04. The van der Waals surface area contributed by atoms with Crippen LogP contribution < -0.4 is 0 Å². The van der Waals surface area contributed by atoms with Crippen LogP contribution >= 0.6 is 0 Å². The normalized spacial score (nSPS) is 11.8. The van der Waals surface area contributed by atoms with Gasteiger partial charge in [0, 0.05) is 43.6 Å². The van der Waals surface area contributed by atoms with E-state index in [2.05, 4.69) is 0 Å². The van der Waals surface area contributed by atoms with Gasteiger partial charge >= 0.3 is 0 Å². The van der Waals surface area contributed by atoms with Gasteiger partial charge in [0.25, 0.3) is 0 Å². The molecule has 79 heavy (non-hydrogen) atoms. The van der Waals surface area contributed by atoms with Gasteiger partial charge in [-0.2, -0.15) is 0 Å². The van der Waals surface area contributed by atoms with Crippen LogP contribution in [0.1, 0.15) is 0 Å². The summed E-state index contributed by atoms with van der Waals surface area (Å²) in [5, 5.41) is 327. The molecule has 31 heteroatoms. The largest absolute Gasteiger partial charge is 0.506 e. The van der Waals surface area contributed by atoms with E-state index < -0.39 is 271 Å². The first-order chi connectivity index (χ1) is 36.8. The number of hydrogen-bond donors (Lipinski definition) is 30. The summed E-state index contributed by atoms with van der Waals surface area (Å²) >= 11 is 0. The van der Waals surface area contributed by atoms with E-state index in [9.17, 15) is 153 Å². The predicted octanol–water partition coefficient (Wildman–Crippen LogP) is 4.88. The Labute approximate surface area is 428 Å². The molecule has 1 heterocycles. The fourth-order valence-corrected chi connectivity index (χ4v) is 9.71. The van der Waals surface area contributed by atoms with Gasteiger partial charge in [0.2, 0.25) is 80.5 Å². The Morgan fingerprint density at radius 1 is 0.114 bits per heavy atom. The maximum absolute atomic E-state index is 12.5. The smallest absolute Gasteiger partial charge is 0.208 e. The van der Waals surface area contributed by atoms with E-state index in [4.69, 9.17) is 4.42 Å². The zero-order valence-corrected chi connectivity index (χ0v) is 37.8. The standard InChI is InChI=1S/C48H30O31/c49-17-9(18(50)11(14-29(61)41(73)45(77)42(74)30(14)62)19(51)10(17)13-27(59)39(71)44(76)40(72)28(13)60)2-5-3(21(53)33(65)35(67)23(5)55)1(4-6(2)24(56)36(68)34(66)22(4)54)7-8-16-20(52)12-15(31(63)38(70)37(69)26(12)58)32(64)48(16)79-47(8)46(78)43(75)25(7)57/h49-78H. The van der Waals surface area contributed by atoms with Crippen LogP contribution in [-0.4, -0.2) is 153 Å². The molecule has 9 aromatic carbocycles. The highest BCUT2D eigenvalue weighted by atomic mass is 16.4. The minimum absolute atomic E-state index is 1.14. The number of phenolic OH excluding ortho intramolecular Hbond substituents is 30. The van der Waals surface area contributed by atoms with Crippen LogP contribution in [0.15, 0.2) is 4.42 Å². The van der Waals surface area contributed by atoms with Crippen LogP contribution in [0.2, 0.25) is 0 Å². The summed E-state index contributed by atoms with van der Waals surface area (Å²) in [6.07, 6.45) is 0. The molecule has 0 amide bonds. The molecule has 10 aromatic rings. The topological polar surface area (TPSA) is 620 Å². The lowest BCUT2D eigenvalue weighted by Gasteiger charge is -2.26. The lowest BCUT2D eigenvalue weighted by molar-refractivity contribution is 0.329. The second-order valence-corrected chi connectivity index (χ2v) is 17.2. The molecule has 10 rings (SSSR count). The van der Waals surface area contributed by atoms with E-state index in [1.54, 1.807) is 0 Å². The molecular weight excluding hydrogens is 1070 g/mol. The second-order valence-electron chi connectivity index (χ2n) is 17.2. The molecule has 0 radical (unpaired) electrons. The predicted molar refractivity (Wildman–Crippen MR) is 258 cm³/mol. The molecular formula is C48H30O31. The Morgan fingerprint density at radius 2 is 0.316 bits per heavy atom. The summed E-state index contributed by atoms with van der Waals surface area (Å²) in [5.74, 6) is -53.7. The first-order valence-electron chi connectivity index (χ1n) is 21.1. The van der Waals surface area contributed by atoms with Gasteiger partial charge in [0.05, 0.1) is 44.0 Å². The molecule has 0 aliphatic carbocycles. The third-order valence-corrected chi connectivity index (χ3v) is 13.3. The molecule has 0 aliphatic rings. The van der Waals surface area contributed by atoms with Gasteiger partial charge in [-0.1, -0.05) is 0 Å². The molecule has 0 fully saturated rings. The monoisotopic (exact) mass is 1100 g/mol. The first-order valence-corrected chi connectivity index (χ1v) is 21.1. The third-order valence-electron chi connectivity index (χ3n) is 13.3. The molecule has 408 valence electrons. The fourth-order valence-electron chi connectivity index (χ4n) is 9.71. The molecule has 0 saturated heterocycles. The highest BCUT2D eigenvalue weighted by Gasteiger charge is 2.42. The molecule has 1 aromatic heterocycles. The summed E-state index contributed by atoms with van der Waals surface area (Å²) < 4.78 is 5.57. The average Bonchev–Trinajstić information content (AvgIpc) is 3.29. The number of hydrogen-bond acceptors (Lipinski definition) is 31. The van der Waals surface area contributed by atoms with Gasteiger partial charge in [0.15, 0.2) is 80.2 Å². The van der Waals surface area contributed by atoms with Crippen molar-refractivity contribution in [2.45, 2.75) is 0 Å². The fraction of sp³-hybridized carbons (Fsp3) is 0. The van der Waals surface area contributed by atoms with Crippen LogP contribution in [0.5, 0.6) is 172 Å². The van der Waals surface area contributed by atoms with Crippen molar-refractivity contribution in [1.29, 1.82) is 0 Å². The Kier molecular flexibility index (Phi) is 9.86. The van der Waals surface area contributed by atoms with Crippen molar-refractivity contribution in [1.82, 2.24) is 0 Å². The number of fused-ring (bicyclic) bond motifs is 6. The highest BCUT2D eigenvalue weighted by Crippen LogP contribution is 2.71. The van der Waals surface area contributed by atoms with E-state index in [0.29, 0.717) is 0 Å². The van der Waals surface area contributed by atoms with E-state index >= 15 is 0 Å². The third kappa shape index (κ3) is 5.70. The molecule has 0 atom stereocenters. The molecule has 0 unspecified atom stereocenters.